The molecule has 5 atom stereocenters. The number of ether oxygens (including phenoxy) is 2. The number of hydrogen-bond acceptors (Lipinski definition) is 7. The second-order valence-electron chi connectivity index (χ2n) is 11.3. The maximum atomic E-state index is 13.9. The molecule has 6 aliphatic carbocycles. The average Bonchev–Trinajstić information content (AvgIpc) is 3.30. The Labute approximate surface area is 198 Å². The van der Waals surface area contributed by atoms with Gasteiger partial charge in [-0.3, -0.25) is 9.59 Å². The molecule has 6 fully saturated rings. The van der Waals surface area contributed by atoms with Crippen LogP contribution < -0.4 is 0 Å². The van der Waals surface area contributed by atoms with E-state index in [4.69, 9.17) is 4.74 Å². The molecule has 0 amide bonds. The van der Waals surface area contributed by atoms with Gasteiger partial charge < -0.3 is 14.0 Å². The van der Waals surface area contributed by atoms with Crippen molar-refractivity contribution in [1.29, 1.82) is 0 Å². The normalized spacial score (nSPS) is 41.1. The van der Waals surface area contributed by atoms with Crippen molar-refractivity contribution in [2.45, 2.75) is 80.9 Å². The minimum absolute atomic E-state index is 0.327. The molecule has 13 heteroatoms. The van der Waals surface area contributed by atoms with Crippen LogP contribution in [0.4, 0.5) is 22.0 Å². The van der Waals surface area contributed by atoms with Gasteiger partial charge in [-0.2, -0.15) is 22.0 Å². The van der Waals surface area contributed by atoms with E-state index in [1.165, 1.54) is 0 Å². The van der Waals surface area contributed by atoms with Gasteiger partial charge in [0.05, 0.1) is 11.8 Å². The Kier molecular flexibility index (Phi) is 5.75. The maximum absolute atomic E-state index is 13.9. The van der Waals surface area contributed by atoms with Gasteiger partial charge in [-0.25, -0.2) is 8.42 Å². The largest absolute Gasteiger partial charge is 0.743 e. The molecular weight excluding hydrogens is 503 g/mol. The van der Waals surface area contributed by atoms with Crippen LogP contribution in [-0.4, -0.2) is 48.0 Å². The van der Waals surface area contributed by atoms with Crippen molar-refractivity contribution in [3.05, 3.63) is 0 Å². The summed E-state index contributed by atoms with van der Waals surface area (Å²) in [5, 5.41) is -5.92. The minimum Gasteiger partial charge on any atom is -0.743 e. The summed E-state index contributed by atoms with van der Waals surface area (Å²) in [4.78, 5) is 26.1. The van der Waals surface area contributed by atoms with E-state index in [0.717, 1.165) is 19.3 Å². The standard InChI is InChI=1S/C22H27F5O7S/c23-21(24,25)19(22(26,27)35(30,31)32)33-17(28)15-13-1-2-14(6-13)16(15)18(29)34-20-7-10-3-11(8-20)5-12(4-10)9-20/h10-16,19H,1-9H2,(H,30,31,32)/p-1. The molecule has 0 saturated heterocycles. The van der Waals surface area contributed by atoms with Gasteiger partial charge in [0, 0.05) is 0 Å². The lowest BCUT2D eigenvalue weighted by molar-refractivity contribution is -0.262. The van der Waals surface area contributed by atoms with Gasteiger partial charge in [0.1, 0.15) is 5.60 Å². The quantitative estimate of drug-likeness (QED) is 0.293. The summed E-state index contributed by atoms with van der Waals surface area (Å²) < 4.78 is 110. The third kappa shape index (κ3) is 4.23. The molecule has 198 valence electrons. The van der Waals surface area contributed by atoms with Crippen LogP contribution in [0.5, 0.6) is 0 Å². The average molecular weight is 530 g/mol. The fourth-order valence-corrected chi connectivity index (χ4v) is 8.50. The SMILES string of the molecule is O=C(OC(C(F)(F)F)C(F)(F)S(=O)(=O)[O-])C1C2CCC(C2)C1C(=O)OC12CC3CC(CC(C3)C1)C2. The highest BCUT2D eigenvalue weighted by atomic mass is 32.2. The van der Waals surface area contributed by atoms with E-state index >= 15 is 0 Å². The Balaban J connectivity index is 1.36. The van der Waals surface area contributed by atoms with E-state index < -0.39 is 62.9 Å². The molecule has 7 nitrogen and oxygen atoms in total. The first-order valence-corrected chi connectivity index (χ1v) is 13.3. The van der Waals surface area contributed by atoms with E-state index in [1.54, 1.807) is 0 Å². The monoisotopic (exact) mass is 529 g/mol. The first-order valence-electron chi connectivity index (χ1n) is 11.9. The lowest BCUT2D eigenvalue weighted by Gasteiger charge is -2.56. The van der Waals surface area contributed by atoms with E-state index in [1.807, 2.05) is 0 Å². The molecule has 0 aromatic carbocycles. The third-order valence-electron chi connectivity index (χ3n) is 8.93. The summed E-state index contributed by atoms with van der Waals surface area (Å²) in [5.74, 6) is -4.72. The molecule has 0 spiro atoms. The van der Waals surface area contributed by atoms with Crippen molar-refractivity contribution in [3.8, 4) is 0 Å². The van der Waals surface area contributed by atoms with Crippen LogP contribution >= 0.6 is 0 Å². The number of carbonyl (C=O) groups is 2. The molecule has 6 saturated carbocycles. The number of carbonyl (C=O) groups excluding carboxylic acids is 2. The Morgan fingerprint density at radius 1 is 0.829 bits per heavy atom. The smallest absolute Gasteiger partial charge is 0.432 e. The molecule has 0 heterocycles. The van der Waals surface area contributed by atoms with Crippen molar-refractivity contribution in [1.82, 2.24) is 0 Å². The van der Waals surface area contributed by atoms with Gasteiger partial charge >= 0.3 is 23.4 Å². The molecule has 6 rings (SSSR count). The van der Waals surface area contributed by atoms with Crippen molar-refractivity contribution in [2.24, 2.45) is 41.4 Å². The molecule has 6 aliphatic rings. The van der Waals surface area contributed by atoms with E-state index in [-0.39, 0.29) is 5.92 Å². The van der Waals surface area contributed by atoms with Gasteiger partial charge in [-0.15, -0.1) is 0 Å². The fraction of sp³-hybridized carbons (Fsp3) is 0.909. The second-order valence-corrected chi connectivity index (χ2v) is 12.7. The molecule has 0 N–H and O–H groups in total. The molecule has 0 aromatic heterocycles. The number of fused-ring (bicyclic) bond motifs is 2. The summed E-state index contributed by atoms with van der Waals surface area (Å²) in [7, 11) is -6.80. The van der Waals surface area contributed by atoms with Gasteiger partial charge in [0.25, 0.3) is 6.10 Å². The topological polar surface area (TPSA) is 110 Å². The van der Waals surface area contributed by atoms with E-state index in [0.29, 0.717) is 56.3 Å². The van der Waals surface area contributed by atoms with Gasteiger partial charge in [0.2, 0.25) is 0 Å². The van der Waals surface area contributed by atoms with E-state index in [2.05, 4.69) is 4.74 Å². The molecule has 0 aliphatic heterocycles. The summed E-state index contributed by atoms with van der Waals surface area (Å²) in [6.45, 7) is 0. The molecule has 35 heavy (non-hydrogen) atoms. The summed E-state index contributed by atoms with van der Waals surface area (Å²) >= 11 is 0. The van der Waals surface area contributed by atoms with Crippen molar-refractivity contribution < 1.29 is 54.0 Å². The van der Waals surface area contributed by atoms with Gasteiger partial charge in [-0.05, 0) is 87.4 Å². The Bertz CT molecular complexity index is 975. The van der Waals surface area contributed by atoms with Gasteiger partial charge in [0.15, 0.2) is 10.1 Å². The zero-order chi connectivity index (χ0) is 25.6. The summed E-state index contributed by atoms with van der Waals surface area (Å²) in [6.07, 6.45) is -3.91. The minimum atomic E-state index is -6.80. The van der Waals surface area contributed by atoms with Crippen LogP contribution in [0.3, 0.4) is 0 Å². The summed E-state index contributed by atoms with van der Waals surface area (Å²) in [6, 6.07) is 0. The third-order valence-corrected chi connectivity index (χ3v) is 9.81. The fourth-order valence-electron chi connectivity index (χ4n) is 8.06. The number of rotatable bonds is 6. The zero-order valence-electron chi connectivity index (χ0n) is 18.6. The highest BCUT2D eigenvalue weighted by Crippen LogP contribution is 2.59. The highest BCUT2D eigenvalue weighted by molar-refractivity contribution is 7.86. The first-order chi connectivity index (χ1) is 16.1. The van der Waals surface area contributed by atoms with Crippen molar-refractivity contribution in [3.63, 3.8) is 0 Å². The number of halogens is 5. The molecule has 6 bridgehead atoms. The first kappa shape index (κ1) is 25.2. The number of esters is 2. The molecule has 0 aromatic rings. The summed E-state index contributed by atoms with van der Waals surface area (Å²) in [5.41, 5.74) is -0.666. The Morgan fingerprint density at radius 3 is 1.71 bits per heavy atom. The van der Waals surface area contributed by atoms with Gasteiger partial charge in [-0.1, -0.05) is 0 Å². The van der Waals surface area contributed by atoms with Crippen molar-refractivity contribution in [2.75, 3.05) is 0 Å². The molecule has 5 unspecified atom stereocenters. The predicted octanol–water partition coefficient (Wildman–Crippen LogP) is 3.77. The van der Waals surface area contributed by atoms with Crippen LogP contribution in [0.2, 0.25) is 0 Å². The maximum Gasteiger partial charge on any atom is 0.432 e. The lowest BCUT2D eigenvalue weighted by atomic mass is 9.54. The van der Waals surface area contributed by atoms with E-state index in [9.17, 15) is 44.5 Å². The van der Waals surface area contributed by atoms with Crippen LogP contribution in [0.15, 0.2) is 0 Å². The Morgan fingerprint density at radius 2 is 1.29 bits per heavy atom. The number of hydrogen-bond donors (Lipinski definition) is 0. The van der Waals surface area contributed by atoms with Crippen molar-refractivity contribution >= 4 is 22.1 Å². The van der Waals surface area contributed by atoms with Crippen LogP contribution in [0, 0.1) is 41.4 Å². The second kappa shape index (κ2) is 8.00. The molecule has 0 radical (unpaired) electrons. The highest BCUT2D eigenvalue weighted by Gasteiger charge is 2.65. The zero-order valence-corrected chi connectivity index (χ0v) is 19.5. The number of alkyl halides is 5. The van der Waals surface area contributed by atoms with Crippen LogP contribution in [-0.2, 0) is 29.2 Å². The van der Waals surface area contributed by atoms with Crippen LogP contribution in [0.1, 0.15) is 57.8 Å². The van der Waals surface area contributed by atoms with Crippen LogP contribution in [0.25, 0.3) is 0 Å². The molecular formula is C22H26F5O7S-. The predicted molar refractivity (Wildman–Crippen MR) is 105 cm³/mol. The Hall–Kier alpha value is -1.50. The lowest BCUT2D eigenvalue weighted by Crippen LogP contribution is -2.55.